The number of anilines is 1. The molecular weight excluding hydrogens is 174 g/mol. The summed E-state index contributed by atoms with van der Waals surface area (Å²) in [4.78, 5) is 18.3. The second kappa shape index (κ2) is 4.36. The Bertz CT molecular complexity index is 286. The zero-order chi connectivity index (χ0) is 9.68. The van der Waals surface area contributed by atoms with E-state index in [4.69, 9.17) is 4.84 Å². The zero-order valence-corrected chi connectivity index (χ0v) is 7.06. The Kier molecular flexibility index (Phi) is 3.15. The molecule has 1 heterocycles. The van der Waals surface area contributed by atoms with Crippen molar-refractivity contribution in [1.82, 2.24) is 4.98 Å². The fourth-order valence-corrected chi connectivity index (χ4v) is 0.701. The first-order valence-corrected chi connectivity index (χ1v) is 3.72. The molecule has 6 heteroatoms. The van der Waals surface area contributed by atoms with Gasteiger partial charge in [-0.25, -0.2) is 10.5 Å². The van der Waals surface area contributed by atoms with E-state index in [1.54, 1.807) is 0 Å². The van der Waals surface area contributed by atoms with Crippen molar-refractivity contribution in [2.45, 2.75) is 6.92 Å². The van der Waals surface area contributed by atoms with E-state index in [1.807, 2.05) is 6.92 Å². The molecule has 13 heavy (non-hydrogen) atoms. The molecule has 0 amide bonds. The molecule has 0 fully saturated rings. The van der Waals surface area contributed by atoms with Crippen molar-refractivity contribution >= 4 is 11.5 Å². The molecule has 70 valence electrons. The molecular formula is C7H9N3O3. The lowest BCUT2D eigenvalue weighted by molar-refractivity contribution is -0.385. The van der Waals surface area contributed by atoms with E-state index in [-0.39, 0.29) is 5.69 Å². The monoisotopic (exact) mass is 183 g/mol. The third kappa shape index (κ3) is 2.68. The van der Waals surface area contributed by atoms with Crippen LogP contribution in [-0.4, -0.2) is 16.5 Å². The van der Waals surface area contributed by atoms with Crippen molar-refractivity contribution in [3.05, 3.63) is 28.4 Å². The van der Waals surface area contributed by atoms with Gasteiger partial charge in [-0.2, -0.15) is 0 Å². The maximum atomic E-state index is 10.2. The minimum atomic E-state index is -0.503. The van der Waals surface area contributed by atoms with Crippen molar-refractivity contribution in [2.75, 3.05) is 12.1 Å². The summed E-state index contributed by atoms with van der Waals surface area (Å²) in [6, 6.07) is 2.84. The van der Waals surface area contributed by atoms with Crippen LogP contribution in [-0.2, 0) is 4.84 Å². The highest BCUT2D eigenvalue weighted by Crippen LogP contribution is 2.11. The van der Waals surface area contributed by atoms with Gasteiger partial charge in [0.15, 0.2) is 0 Å². The summed E-state index contributed by atoms with van der Waals surface area (Å²) in [5, 5.41) is 10.2. The number of nitrogens with zero attached hydrogens (tertiary/aromatic N) is 2. The molecule has 0 radical (unpaired) electrons. The molecule has 1 aromatic heterocycles. The van der Waals surface area contributed by atoms with Crippen LogP contribution in [0.25, 0.3) is 0 Å². The molecule has 1 aromatic rings. The molecule has 0 aliphatic heterocycles. The third-order valence-electron chi connectivity index (χ3n) is 1.28. The largest absolute Gasteiger partial charge is 0.287 e. The van der Waals surface area contributed by atoms with E-state index in [9.17, 15) is 10.1 Å². The highest BCUT2D eigenvalue weighted by molar-refractivity contribution is 5.38. The maximum Gasteiger partial charge on any atom is 0.287 e. The predicted molar refractivity (Wildman–Crippen MR) is 46.1 cm³/mol. The average molecular weight is 183 g/mol. The van der Waals surface area contributed by atoms with Crippen LogP contribution < -0.4 is 5.48 Å². The summed E-state index contributed by atoms with van der Waals surface area (Å²) in [5.74, 6) is 0.451. The van der Waals surface area contributed by atoms with Gasteiger partial charge in [-0.15, -0.1) is 0 Å². The minimum Gasteiger partial charge on any atom is -0.275 e. The molecule has 6 nitrogen and oxygen atoms in total. The summed E-state index contributed by atoms with van der Waals surface area (Å²) < 4.78 is 0. The van der Waals surface area contributed by atoms with Gasteiger partial charge in [0, 0.05) is 6.07 Å². The van der Waals surface area contributed by atoms with Crippen LogP contribution in [0, 0.1) is 10.1 Å². The van der Waals surface area contributed by atoms with Crippen LogP contribution in [0.3, 0.4) is 0 Å². The first-order chi connectivity index (χ1) is 6.24. The van der Waals surface area contributed by atoms with Gasteiger partial charge in [-0.05, 0) is 13.0 Å². The smallest absolute Gasteiger partial charge is 0.275 e. The number of hydrogen-bond donors (Lipinski definition) is 1. The van der Waals surface area contributed by atoms with Gasteiger partial charge >= 0.3 is 0 Å². The molecule has 1 rings (SSSR count). The van der Waals surface area contributed by atoms with Crippen molar-refractivity contribution in [3.8, 4) is 0 Å². The summed E-state index contributed by atoms with van der Waals surface area (Å²) in [5.41, 5.74) is 2.49. The molecule has 0 atom stereocenters. The standard InChI is InChI=1S/C7H9N3O3/c1-2-13-9-7-4-3-6(5-8-7)10(11)12/h3-5H,2H2,1H3,(H,8,9). The van der Waals surface area contributed by atoms with E-state index in [0.29, 0.717) is 12.4 Å². The summed E-state index contributed by atoms with van der Waals surface area (Å²) in [6.45, 7) is 2.32. The number of pyridine rings is 1. The number of aromatic nitrogens is 1. The van der Waals surface area contributed by atoms with Gasteiger partial charge < -0.3 is 0 Å². The summed E-state index contributed by atoms with van der Waals surface area (Å²) >= 11 is 0. The first-order valence-electron chi connectivity index (χ1n) is 3.72. The lowest BCUT2D eigenvalue weighted by Crippen LogP contribution is -2.02. The Hall–Kier alpha value is -1.69. The molecule has 0 aliphatic rings. The van der Waals surface area contributed by atoms with Crippen molar-refractivity contribution in [2.24, 2.45) is 0 Å². The van der Waals surface area contributed by atoms with Gasteiger partial charge in [0.1, 0.15) is 12.0 Å². The maximum absolute atomic E-state index is 10.2. The normalized spacial score (nSPS) is 9.62. The van der Waals surface area contributed by atoms with Gasteiger partial charge in [-0.1, -0.05) is 0 Å². The Balaban J connectivity index is 2.64. The number of hydrogen-bond acceptors (Lipinski definition) is 5. The molecule has 0 saturated carbocycles. The fraction of sp³-hybridized carbons (Fsp3) is 0.286. The highest BCUT2D eigenvalue weighted by atomic mass is 16.6. The predicted octanol–water partition coefficient (Wildman–Crippen LogP) is 1.35. The van der Waals surface area contributed by atoms with E-state index in [0.717, 1.165) is 0 Å². The van der Waals surface area contributed by atoms with Crippen LogP contribution in [0.2, 0.25) is 0 Å². The Morgan fingerprint density at radius 2 is 2.46 bits per heavy atom. The van der Waals surface area contributed by atoms with Crippen molar-refractivity contribution in [3.63, 3.8) is 0 Å². The Morgan fingerprint density at radius 1 is 1.69 bits per heavy atom. The summed E-state index contributed by atoms with van der Waals surface area (Å²) in [6.07, 6.45) is 1.17. The average Bonchev–Trinajstić information content (AvgIpc) is 2.15. The second-order valence-corrected chi connectivity index (χ2v) is 2.19. The van der Waals surface area contributed by atoms with E-state index >= 15 is 0 Å². The zero-order valence-electron chi connectivity index (χ0n) is 7.06. The Labute approximate surface area is 74.7 Å². The Morgan fingerprint density at radius 3 is 2.92 bits per heavy atom. The van der Waals surface area contributed by atoms with Crippen molar-refractivity contribution in [1.29, 1.82) is 0 Å². The van der Waals surface area contributed by atoms with Crippen LogP contribution >= 0.6 is 0 Å². The topological polar surface area (TPSA) is 77.3 Å². The fourth-order valence-electron chi connectivity index (χ4n) is 0.701. The van der Waals surface area contributed by atoms with Crippen LogP contribution in [0.1, 0.15) is 6.92 Å². The first kappa shape index (κ1) is 9.40. The quantitative estimate of drug-likeness (QED) is 0.563. The lowest BCUT2D eigenvalue weighted by Gasteiger charge is -2.01. The van der Waals surface area contributed by atoms with Crippen LogP contribution in [0.15, 0.2) is 18.3 Å². The molecule has 0 spiro atoms. The van der Waals surface area contributed by atoms with Gasteiger partial charge in [0.25, 0.3) is 5.69 Å². The van der Waals surface area contributed by atoms with Gasteiger partial charge in [0.2, 0.25) is 0 Å². The van der Waals surface area contributed by atoms with Gasteiger partial charge in [-0.3, -0.25) is 15.0 Å². The van der Waals surface area contributed by atoms with Crippen LogP contribution in [0.5, 0.6) is 0 Å². The number of rotatable bonds is 4. The molecule has 1 N–H and O–H groups in total. The molecule has 0 unspecified atom stereocenters. The molecule has 0 saturated heterocycles. The number of nitro groups is 1. The SMILES string of the molecule is CCONc1ccc([N+](=O)[O-])cn1. The van der Waals surface area contributed by atoms with Crippen molar-refractivity contribution < 1.29 is 9.76 Å². The molecule has 0 aliphatic carbocycles. The van der Waals surface area contributed by atoms with E-state index < -0.39 is 4.92 Å². The molecule has 0 bridgehead atoms. The van der Waals surface area contributed by atoms with Crippen LogP contribution in [0.4, 0.5) is 11.5 Å². The summed E-state index contributed by atoms with van der Waals surface area (Å²) in [7, 11) is 0. The van der Waals surface area contributed by atoms with E-state index in [2.05, 4.69) is 10.5 Å². The highest BCUT2D eigenvalue weighted by Gasteiger charge is 2.04. The lowest BCUT2D eigenvalue weighted by atomic mass is 10.4. The molecule has 0 aromatic carbocycles. The van der Waals surface area contributed by atoms with Gasteiger partial charge in [0.05, 0.1) is 11.5 Å². The minimum absolute atomic E-state index is 0.0398. The third-order valence-corrected chi connectivity index (χ3v) is 1.28. The number of nitrogens with one attached hydrogen (secondary N) is 1. The second-order valence-electron chi connectivity index (χ2n) is 2.19. The van der Waals surface area contributed by atoms with E-state index in [1.165, 1.54) is 18.3 Å².